The molecular formula is C12H18N2O2. The van der Waals surface area contributed by atoms with Crippen LogP contribution < -0.4 is 0 Å². The summed E-state index contributed by atoms with van der Waals surface area (Å²) in [6.45, 7) is 6.50. The van der Waals surface area contributed by atoms with Crippen LogP contribution in [0.1, 0.15) is 20.8 Å². The van der Waals surface area contributed by atoms with Gasteiger partial charge in [-0.3, -0.25) is 0 Å². The van der Waals surface area contributed by atoms with E-state index in [1.165, 1.54) is 0 Å². The Balaban J connectivity index is -0.000000150. The lowest BCUT2D eigenvalue weighted by Crippen LogP contribution is -1.66. The third kappa shape index (κ3) is 95.3. The Morgan fingerprint density at radius 3 is 0.875 bits per heavy atom. The zero-order valence-electron chi connectivity index (χ0n) is 9.83. The van der Waals surface area contributed by atoms with Gasteiger partial charge < -0.3 is 10.2 Å². The second-order valence-electron chi connectivity index (χ2n) is 3.09. The smallest absolute Gasteiger partial charge is 0.283 e. The van der Waals surface area contributed by atoms with Crippen LogP contribution in [0, 0.1) is 29.0 Å². The standard InChI is InChI=1S/C6H6.C4H10.2CHNO/c1-2-4-6-5-3-1;1-4(2)3;2*2-1-3/h1-6H;4H,1-3H3;2*3H. The van der Waals surface area contributed by atoms with Crippen LogP contribution >= 0.6 is 0 Å². The van der Waals surface area contributed by atoms with Gasteiger partial charge in [0, 0.05) is 0 Å². The number of aliphatic hydroxyl groups is 2. The summed E-state index contributed by atoms with van der Waals surface area (Å²) in [6, 6.07) is 12.0. The third-order valence-electron chi connectivity index (χ3n) is 0.667. The number of benzene rings is 1. The molecule has 0 spiro atoms. The van der Waals surface area contributed by atoms with Crippen LogP contribution in [-0.2, 0) is 0 Å². The van der Waals surface area contributed by atoms with E-state index in [4.69, 9.17) is 20.7 Å². The SMILES string of the molecule is CC(C)C.N#CO.N#CO.c1ccccc1. The van der Waals surface area contributed by atoms with Gasteiger partial charge in [0.15, 0.2) is 0 Å². The fourth-order valence-corrected chi connectivity index (χ4v) is 0.385. The van der Waals surface area contributed by atoms with Crippen molar-refractivity contribution in [1.29, 1.82) is 10.5 Å². The molecule has 0 aliphatic heterocycles. The monoisotopic (exact) mass is 222 g/mol. The minimum absolute atomic E-state index is 0.750. The number of hydrogen-bond acceptors (Lipinski definition) is 4. The molecule has 4 heteroatoms. The van der Waals surface area contributed by atoms with Crippen LogP contribution in [0.3, 0.4) is 0 Å². The van der Waals surface area contributed by atoms with E-state index in [0.717, 1.165) is 18.4 Å². The molecule has 0 unspecified atom stereocenters. The molecule has 0 saturated carbocycles. The Bertz CT molecular complexity index is 232. The summed E-state index contributed by atoms with van der Waals surface area (Å²) in [5.41, 5.74) is 0. The molecule has 4 nitrogen and oxygen atoms in total. The molecule has 1 aromatic carbocycles. The number of hydrogen-bond donors (Lipinski definition) is 2. The zero-order chi connectivity index (χ0) is 13.2. The summed E-state index contributed by atoms with van der Waals surface area (Å²) in [4.78, 5) is 0. The van der Waals surface area contributed by atoms with Gasteiger partial charge in [-0.25, -0.2) is 0 Å². The van der Waals surface area contributed by atoms with E-state index in [2.05, 4.69) is 20.8 Å². The first-order valence-corrected chi connectivity index (χ1v) is 4.63. The van der Waals surface area contributed by atoms with Crippen LogP contribution in [0.15, 0.2) is 36.4 Å². The van der Waals surface area contributed by atoms with Gasteiger partial charge in [0.2, 0.25) is 0 Å². The first-order valence-electron chi connectivity index (χ1n) is 4.63. The molecular weight excluding hydrogens is 204 g/mol. The highest BCUT2D eigenvalue weighted by Crippen LogP contribution is 1.81. The van der Waals surface area contributed by atoms with E-state index >= 15 is 0 Å². The van der Waals surface area contributed by atoms with Crippen LogP contribution in [0.5, 0.6) is 0 Å². The average Bonchev–Trinajstić information content (AvgIpc) is 2.22. The van der Waals surface area contributed by atoms with E-state index in [-0.39, 0.29) is 0 Å². The van der Waals surface area contributed by atoms with E-state index in [0.29, 0.717) is 0 Å². The van der Waals surface area contributed by atoms with E-state index < -0.39 is 0 Å². The normalized spacial score (nSPS) is 6.12. The minimum Gasteiger partial charge on any atom is -0.443 e. The van der Waals surface area contributed by atoms with Gasteiger partial charge in [0.1, 0.15) is 0 Å². The van der Waals surface area contributed by atoms with Crippen LogP contribution in [0.25, 0.3) is 0 Å². The molecule has 0 aliphatic carbocycles. The van der Waals surface area contributed by atoms with Crippen molar-refractivity contribution in [3.63, 3.8) is 0 Å². The molecule has 1 aromatic rings. The van der Waals surface area contributed by atoms with Gasteiger partial charge in [-0.1, -0.05) is 57.2 Å². The van der Waals surface area contributed by atoms with E-state index in [9.17, 15) is 0 Å². The maximum absolute atomic E-state index is 6.88. The predicted octanol–water partition coefficient (Wildman–Crippen LogP) is 3.03. The summed E-state index contributed by atoms with van der Waals surface area (Å²) in [7, 11) is 0. The Kier molecular flexibility index (Phi) is 27.9. The lowest BCUT2D eigenvalue weighted by Gasteiger charge is -1.79. The zero-order valence-corrected chi connectivity index (χ0v) is 9.83. The van der Waals surface area contributed by atoms with Crippen LogP contribution in [0.2, 0.25) is 0 Å². The Morgan fingerprint density at radius 2 is 0.812 bits per heavy atom. The topological polar surface area (TPSA) is 88.0 Å². The number of aliphatic hydroxyl groups excluding tert-OH is 2. The predicted molar refractivity (Wildman–Crippen MR) is 62.1 cm³/mol. The van der Waals surface area contributed by atoms with Gasteiger partial charge in [0.25, 0.3) is 12.5 Å². The highest BCUT2D eigenvalue weighted by atomic mass is 16.2. The molecule has 0 heterocycles. The molecule has 0 aliphatic rings. The largest absolute Gasteiger partial charge is 0.443 e. The second kappa shape index (κ2) is 23.0. The van der Waals surface area contributed by atoms with Crippen molar-refractivity contribution in [2.75, 3.05) is 0 Å². The lowest BCUT2D eigenvalue weighted by molar-refractivity contribution is 0.502. The minimum atomic E-state index is 0.750. The van der Waals surface area contributed by atoms with Crippen molar-refractivity contribution >= 4 is 0 Å². The summed E-state index contributed by atoms with van der Waals surface area (Å²) >= 11 is 0. The van der Waals surface area contributed by atoms with Crippen molar-refractivity contribution in [3.8, 4) is 12.5 Å². The first-order chi connectivity index (χ1) is 7.56. The highest BCUT2D eigenvalue weighted by molar-refractivity contribution is 4.99. The van der Waals surface area contributed by atoms with Crippen LogP contribution in [-0.4, -0.2) is 10.2 Å². The van der Waals surface area contributed by atoms with Crippen LogP contribution in [0.4, 0.5) is 0 Å². The second-order valence-corrected chi connectivity index (χ2v) is 3.09. The molecule has 0 radical (unpaired) electrons. The number of nitriles is 2. The molecule has 2 N–H and O–H groups in total. The van der Waals surface area contributed by atoms with Gasteiger partial charge >= 0.3 is 0 Å². The molecule has 0 amide bonds. The Morgan fingerprint density at radius 1 is 0.750 bits per heavy atom. The van der Waals surface area contributed by atoms with Crippen molar-refractivity contribution in [2.45, 2.75) is 20.8 Å². The summed E-state index contributed by atoms with van der Waals surface area (Å²) < 4.78 is 0. The highest BCUT2D eigenvalue weighted by Gasteiger charge is 1.68. The van der Waals surface area contributed by atoms with Gasteiger partial charge in [-0.05, 0) is 5.92 Å². The Labute approximate surface area is 97.0 Å². The summed E-state index contributed by atoms with van der Waals surface area (Å²) in [5.74, 6) is 0.833. The quantitative estimate of drug-likeness (QED) is 0.660. The van der Waals surface area contributed by atoms with E-state index in [1.54, 1.807) is 0 Å². The fraction of sp³-hybridized carbons (Fsp3) is 0.333. The molecule has 0 saturated heterocycles. The van der Waals surface area contributed by atoms with Gasteiger partial charge in [0.05, 0.1) is 0 Å². The summed E-state index contributed by atoms with van der Waals surface area (Å²) in [5, 5.41) is 27.5. The van der Waals surface area contributed by atoms with Crippen molar-refractivity contribution in [3.05, 3.63) is 36.4 Å². The molecule has 0 fully saturated rings. The molecule has 88 valence electrons. The fourth-order valence-electron chi connectivity index (χ4n) is 0.385. The van der Waals surface area contributed by atoms with E-state index in [1.807, 2.05) is 36.4 Å². The maximum atomic E-state index is 6.88. The molecule has 0 atom stereocenters. The molecule has 1 rings (SSSR count). The third-order valence-corrected chi connectivity index (χ3v) is 0.667. The average molecular weight is 222 g/mol. The molecule has 16 heavy (non-hydrogen) atoms. The Hall–Kier alpha value is -2.20. The molecule has 0 aromatic heterocycles. The van der Waals surface area contributed by atoms with Gasteiger partial charge in [-0.15, -0.1) is 0 Å². The van der Waals surface area contributed by atoms with Crippen molar-refractivity contribution in [1.82, 2.24) is 0 Å². The van der Waals surface area contributed by atoms with Crippen molar-refractivity contribution in [2.24, 2.45) is 5.92 Å². The maximum Gasteiger partial charge on any atom is 0.283 e. The van der Waals surface area contributed by atoms with Gasteiger partial charge in [-0.2, -0.15) is 10.5 Å². The first kappa shape index (κ1) is 19.4. The number of rotatable bonds is 0. The molecule has 0 bridgehead atoms. The lowest BCUT2D eigenvalue weighted by atomic mass is 10.3. The van der Waals surface area contributed by atoms with Crippen molar-refractivity contribution < 1.29 is 10.2 Å². The number of nitrogens with zero attached hydrogens (tertiary/aromatic N) is 2. The summed E-state index contributed by atoms with van der Waals surface area (Å²) in [6.07, 6.45) is 1.50.